The summed E-state index contributed by atoms with van der Waals surface area (Å²) in [6, 6.07) is 9.87. The van der Waals surface area contributed by atoms with Gasteiger partial charge in [-0.1, -0.05) is 6.07 Å². The molecule has 0 aromatic heterocycles. The first-order chi connectivity index (χ1) is 8.08. The molecule has 0 aliphatic heterocycles. The minimum Gasteiger partial charge on any atom is -0.508 e. The van der Waals surface area contributed by atoms with E-state index in [1.807, 2.05) is 6.07 Å². The van der Waals surface area contributed by atoms with Crippen LogP contribution in [0.2, 0.25) is 0 Å². The van der Waals surface area contributed by atoms with Gasteiger partial charge in [0.1, 0.15) is 11.5 Å². The van der Waals surface area contributed by atoms with Crippen molar-refractivity contribution in [1.82, 2.24) is 0 Å². The molecule has 0 unspecified atom stereocenters. The molecule has 17 heavy (non-hydrogen) atoms. The number of nitrogens with one attached hydrogen (secondary N) is 1. The molecule has 0 radical (unpaired) electrons. The van der Waals surface area contributed by atoms with E-state index in [-0.39, 0.29) is 11.5 Å². The first-order valence-corrected chi connectivity index (χ1v) is 5.22. The predicted molar refractivity (Wildman–Crippen MR) is 68.6 cm³/mol. The number of nitrogens with two attached hydrogens (primary N) is 1. The zero-order valence-corrected chi connectivity index (χ0v) is 9.44. The summed E-state index contributed by atoms with van der Waals surface area (Å²) < 4.78 is 0. The summed E-state index contributed by atoms with van der Waals surface area (Å²) in [4.78, 5) is 0. The van der Waals surface area contributed by atoms with Crippen molar-refractivity contribution in [3.63, 3.8) is 0 Å². The molecular weight excluding hydrogens is 216 g/mol. The molecule has 5 N–H and O–H groups in total. The van der Waals surface area contributed by atoms with Crippen molar-refractivity contribution < 1.29 is 10.2 Å². The van der Waals surface area contributed by atoms with Gasteiger partial charge in [0.25, 0.3) is 0 Å². The SMILES string of the molecule is Cc1c(O)cccc1Nc1cc(O)ccc1N. The molecule has 0 saturated heterocycles. The Hall–Kier alpha value is -2.36. The van der Waals surface area contributed by atoms with Gasteiger partial charge < -0.3 is 21.3 Å². The van der Waals surface area contributed by atoms with E-state index in [9.17, 15) is 10.2 Å². The second kappa shape index (κ2) is 4.25. The third kappa shape index (κ3) is 2.25. The van der Waals surface area contributed by atoms with Crippen molar-refractivity contribution in [1.29, 1.82) is 0 Å². The van der Waals surface area contributed by atoms with Crippen LogP contribution in [0.15, 0.2) is 36.4 Å². The Morgan fingerprint density at radius 3 is 2.59 bits per heavy atom. The summed E-state index contributed by atoms with van der Waals surface area (Å²) in [5, 5.41) is 22.1. The fraction of sp³-hybridized carbons (Fsp3) is 0.0769. The molecule has 0 aliphatic rings. The van der Waals surface area contributed by atoms with Gasteiger partial charge in [-0.25, -0.2) is 0 Å². The molecule has 0 fully saturated rings. The van der Waals surface area contributed by atoms with Crippen LogP contribution in [0.1, 0.15) is 5.56 Å². The molecular formula is C13H14N2O2. The molecule has 4 heteroatoms. The molecule has 0 bridgehead atoms. The molecule has 0 saturated carbocycles. The fourth-order valence-electron chi connectivity index (χ4n) is 1.56. The molecule has 2 aromatic carbocycles. The van der Waals surface area contributed by atoms with Crippen LogP contribution >= 0.6 is 0 Å². The van der Waals surface area contributed by atoms with Crippen LogP contribution in [0.25, 0.3) is 0 Å². The standard InChI is InChI=1S/C13H14N2O2/c1-8-11(3-2-4-13(8)17)15-12-7-9(16)5-6-10(12)14/h2-7,15-17H,14H2,1H3. The highest BCUT2D eigenvalue weighted by Crippen LogP contribution is 2.31. The summed E-state index contributed by atoms with van der Waals surface area (Å²) >= 11 is 0. The molecule has 88 valence electrons. The lowest BCUT2D eigenvalue weighted by atomic mass is 10.1. The van der Waals surface area contributed by atoms with Crippen LogP contribution < -0.4 is 11.1 Å². The smallest absolute Gasteiger partial charge is 0.120 e. The van der Waals surface area contributed by atoms with E-state index in [0.717, 1.165) is 11.3 Å². The van der Waals surface area contributed by atoms with Crippen molar-refractivity contribution in [2.45, 2.75) is 6.92 Å². The first kappa shape index (κ1) is 11.1. The van der Waals surface area contributed by atoms with E-state index < -0.39 is 0 Å². The Balaban J connectivity index is 2.38. The lowest BCUT2D eigenvalue weighted by Gasteiger charge is -2.12. The quantitative estimate of drug-likeness (QED) is 0.472. The van der Waals surface area contributed by atoms with Crippen LogP contribution in [0.5, 0.6) is 11.5 Å². The van der Waals surface area contributed by atoms with Gasteiger partial charge in [-0.2, -0.15) is 0 Å². The highest BCUT2D eigenvalue weighted by atomic mass is 16.3. The summed E-state index contributed by atoms with van der Waals surface area (Å²) in [6.07, 6.45) is 0. The van der Waals surface area contributed by atoms with Crippen LogP contribution in [0, 0.1) is 6.92 Å². The van der Waals surface area contributed by atoms with Gasteiger partial charge in [0.15, 0.2) is 0 Å². The largest absolute Gasteiger partial charge is 0.508 e. The van der Waals surface area contributed by atoms with E-state index in [4.69, 9.17) is 5.73 Å². The van der Waals surface area contributed by atoms with E-state index in [1.165, 1.54) is 6.07 Å². The van der Waals surface area contributed by atoms with Gasteiger partial charge >= 0.3 is 0 Å². The number of phenolic OH excluding ortho intramolecular Hbond substituents is 2. The summed E-state index contributed by atoms with van der Waals surface area (Å²) in [5.74, 6) is 0.355. The second-order valence-corrected chi connectivity index (χ2v) is 3.85. The maximum atomic E-state index is 9.58. The maximum Gasteiger partial charge on any atom is 0.120 e. The molecule has 0 aliphatic carbocycles. The van der Waals surface area contributed by atoms with Gasteiger partial charge in [-0.05, 0) is 31.2 Å². The lowest BCUT2D eigenvalue weighted by molar-refractivity contribution is 0.471. The number of benzene rings is 2. The number of hydrogen-bond acceptors (Lipinski definition) is 4. The fourth-order valence-corrected chi connectivity index (χ4v) is 1.56. The Morgan fingerprint density at radius 1 is 1.06 bits per heavy atom. The van der Waals surface area contributed by atoms with Crippen LogP contribution in [0.3, 0.4) is 0 Å². The van der Waals surface area contributed by atoms with Crippen LogP contribution in [0.4, 0.5) is 17.1 Å². The van der Waals surface area contributed by atoms with Crippen LogP contribution in [-0.2, 0) is 0 Å². The average Bonchev–Trinajstić information content (AvgIpc) is 2.30. The van der Waals surface area contributed by atoms with Gasteiger partial charge in [0.2, 0.25) is 0 Å². The summed E-state index contributed by atoms with van der Waals surface area (Å²) in [7, 11) is 0. The number of phenols is 2. The monoisotopic (exact) mass is 230 g/mol. The van der Waals surface area contributed by atoms with Crippen molar-refractivity contribution in [2.24, 2.45) is 0 Å². The lowest BCUT2D eigenvalue weighted by Crippen LogP contribution is -1.97. The molecule has 2 rings (SSSR count). The molecule has 0 spiro atoms. The van der Waals surface area contributed by atoms with E-state index in [0.29, 0.717) is 11.4 Å². The number of hydrogen-bond donors (Lipinski definition) is 4. The number of anilines is 3. The average molecular weight is 230 g/mol. The van der Waals surface area contributed by atoms with E-state index >= 15 is 0 Å². The molecule has 2 aromatic rings. The zero-order valence-electron chi connectivity index (χ0n) is 9.44. The third-order valence-corrected chi connectivity index (χ3v) is 2.61. The second-order valence-electron chi connectivity index (χ2n) is 3.85. The first-order valence-electron chi connectivity index (χ1n) is 5.22. The van der Waals surface area contributed by atoms with Crippen molar-refractivity contribution >= 4 is 17.1 Å². The number of aromatic hydroxyl groups is 2. The van der Waals surface area contributed by atoms with Gasteiger partial charge in [0.05, 0.1) is 11.4 Å². The minimum absolute atomic E-state index is 0.138. The normalized spacial score (nSPS) is 10.2. The van der Waals surface area contributed by atoms with Crippen molar-refractivity contribution in [3.05, 3.63) is 42.0 Å². The highest BCUT2D eigenvalue weighted by Gasteiger charge is 2.05. The Kier molecular flexibility index (Phi) is 2.78. The predicted octanol–water partition coefficient (Wildman–Crippen LogP) is 2.73. The van der Waals surface area contributed by atoms with Crippen molar-refractivity contribution in [3.8, 4) is 11.5 Å². The molecule has 0 heterocycles. The van der Waals surface area contributed by atoms with E-state index in [2.05, 4.69) is 5.32 Å². The number of nitrogen functional groups attached to an aromatic ring is 1. The summed E-state index contributed by atoms with van der Waals surface area (Å²) in [5.41, 5.74) is 8.42. The third-order valence-electron chi connectivity index (χ3n) is 2.61. The van der Waals surface area contributed by atoms with Gasteiger partial charge in [-0.3, -0.25) is 0 Å². The molecule has 4 nitrogen and oxygen atoms in total. The Labute approximate surface area is 99.3 Å². The Morgan fingerprint density at radius 2 is 1.82 bits per heavy atom. The van der Waals surface area contributed by atoms with Crippen molar-refractivity contribution in [2.75, 3.05) is 11.1 Å². The maximum absolute atomic E-state index is 9.58. The highest BCUT2D eigenvalue weighted by molar-refractivity contribution is 5.75. The number of rotatable bonds is 2. The van der Waals surface area contributed by atoms with E-state index in [1.54, 1.807) is 31.2 Å². The molecule has 0 atom stereocenters. The topological polar surface area (TPSA) is 78.5 Å². The Bertz CT molecular complexity index is 553. The zero-order chi connectivity index (χ0) is 12.4. The minimum atomic E-state index is 0.138. The molecule has 0 amide bonds. The van der Waals surface area contributed by atoms with Gasteiger partial charge in [0, 0.05) is 17.3 Å². The summed E-state index contributed by atoms with van der Waals surface area (Å²) in [6.45, 7) is 1.80. The van der Waals surface area contributed by atoms with Gasteiger partial charge in [-0.15, -0.1) is 0 Å². The van der Waals surface area contributed by atoms with Crippen LogP contribution in [-0.4, -0.2) is 10.2 Å².